The average molecular weight is 772 g/mol. The Labute approximate surface area is 319 Å². The van der Waals surface area contributed by atoms with E-state index in [1.54, 1.807) is 73.8 Å². The smallest absolute Gasteiger partial charge is 0.298 e. The summed E-state index contributed by atoms with van der Waals surface area (Å²) in [6.45, 7) is 7.57. The second-order valence-corrected chi connectivity index (χ2v) is 12.9. The Bertz CT molecular complexity index is 2600. The highest BCUT2D eigenvalue weighted by Gasteiger charge is 2.26. The van der Waals surface area contributed by atoms with Crippen LogP contribution in [0.1, 0.15) is 56.6 Å². The Morgan fingerprint density at radius 3 is 1.75 bits per heavy atom. The molecule has 0 aliphatic heterocycles. The fourth-order valence-electron chi connectivity index (χ4n) is 6.63. The van der Waals surface area contributed by atoms with Crippen molar-refractivity contribution < 1.29 is 39.2 Å². The molecule has 0 fully saturated rings. The third-order valence-electron chi connectivity index (χ3n) is 9.24. The molecule has 56 heavy (non-hydrogen) atoms. The third-order valence-corrected chi connectivity index (χ3v) is 9.24. The Hall–Kier alpha value is -6.60. The minimum Gasteiger partial charge on any atom is -0.494 e. The summed E-state index contributed by atoms with van der Waals surface area (Å²) >= 11 is 0. The molecule has 0 saturated heterocycles. The first-order chi connectivity index (χ1) is 26.7. The summed E-state index contributed by atoms with van der Waals surface area (Å²) in [6.07, 6.45) is -2.86. The number of hydrogen-bond donors (Lipinski definition) is 4. The van der Waals surface area contributed by atoms with Crippen molar-refractivity contribution in [3.63, 3.8) is 0 Å². The van der Waals surface area contributed by atoms with Crippen LogP contribution >= 0.6 is 0 Å². The molecule has 0 radical (unpaired) electrons. The predicted octanol–water partition coefficient (Wildman–Crippen LogP) is 1.04. The van der Waals surface area contributed by atoms with Crippen LogP contribution in [-0.2, 0) is 45.1 Å². The molecule has 2 atom stereocenters. The first kappa shape index (κ1) is 40.6. The van der Waals surface area contributed by atoms with E-state index in [-0.39, 0.29) is 47.8 Å². The van der Waals surface area contributed by atoms with E-state index < -0.39 is 29.9 Å². The quantitative estimate of drug-likeness (QED) is 0.136. The molecule has 0 aliphatic rings. The van der Waals surface area contributed by atoms with Crippen molar-refractivity contribution in [3.05, 3.63) is 88.1 Å². The number of nitrogens with zero attached hydrogens (tertiary/aromatic N) is 10. The van der Waals surface area contributed by atoms with Gasteiger partial charge in [0.15, 0.2) is 0 Å². The molecule has 19 nitrogen and oxygen atoms in total. The minimum absolute atomic E-state index is 0.111. The summed E-state index contributed by atoms with van der Waals surface area (Å²) in [5.74, 6) is -1.54. The van der Waals surface area contributed by atoms with E-state index in [0.717, 1.165) is 5.52 Å². The Morgan fingerprint density at radius 2 is 1.27 bits per heavy atom. The number of aliphatic hydroxyl groups is 2. The fourth-order valence-corrected chi connectivity index (χ4v) is 6.63. The van der Waals surface area contributed by atoms with Gasteiger partial charge in [0, 0.05) is 32.7 Å². The molecule has 4 heterocycles. The molecular weight excluding hydrogens is 726 g/mol. The van der Waals surface area contributed by atoms with Crippen molar-refractivity contribution in [1.29, 1.82) is 0 Å². The highest BCUT2D eigenvalue weighted by Crippen LogP contribution is 2.28. The number of benzene rings is 2. The largest absolute Gasteiger partial charge is 0.494 e. The number of aryl methyl sites for hydroxylation is 6. The second kappa shape index (κ2) is 16.8. The average Bonchev–Trinajstić information content (AvgIpc) is 3.90. The molecule has 0 spiro atoms. The SMILES string of the molecule is CCn1nc(C)cc1C(=O)/N=c1\n(C)c2ccccc2n1CC(O)C(O)Cn1/c(=N/C(=O)c2cc(C)nn2CC)n(C)c2cc(C(N)=O)cc(OC)c21.O=CO. The number of fused-ring (bicyclic) bond motifs is 2. The van der Waals surface area contributed by atoms with Gasteiger partial charge in [0.1, 0.15) is 22.7 Å². The number of amides is 3. The van der Waals surface area contributed by atoms with Gasteiger partial charge in [-0.3, -0.25) is 28.5 Å². The van der Waals surface area contributed by atoms with E-state index in [9.17, 15) is 24.6 Å². The lowest BCUT2D eigenvalue weighted by molar-refractivity contribution is -0.122. The molecule has 0 aliphatic carbocycles. The lowest BCUT2D eigenvalue weighted by atomic mass is 10.1. The number of carbonyl (C=O) groups is 4. The molecule has 0 bridgehead atoms. The van der Waals surface area contributed by atoms with Crippen LogP contribution in [0.15, 0.2) is 58.5 Å². The number of carbonyl (C=O) groups excluding carboxylic acids is 3. The Morgan fingerprint density at radius 1 is 0.804 bits per heavy atom. The molecule has 4 aromatic heterocycles. The van der Waals surface area contributed by atoms with Gasteiger partial charge < -0.3 is 44.1 Å². The van der Waals surface area contributed by atoms with Crippen LogP contribution < -0.4 is 21.7 Å². The molecule has 2 unspecified atom stereocenters. The van der Waals surface area contributed by atoms with Crippen LogP contribution in [0.4, 0.5) is 0 Å². The van der Waals surface area contributed by atoms with Gasteiger partial charge in [-0.05, 0) is 64.1 Å². The summed E-state index contributed by atoms with van der Waals surface area (Å²) in [6, 6.07) is 13.7. The lowest BCUT2D eigenvalue weighted by Gasteiger charge is -2.20. The highest BCUT2D eigenvalue weighted by molar-refractivity contribution is 5.99. The van der Waals surface area contributed by atoms with Gasteiger partial charge in [-0.25, -0.2) is 0 Å². The zero-order valence-corrected chi connectivity index (χ0v) is 32.1. The van der Waals surface area contributed by atoms with Gasteiger partial charge in [-0.1, -0.05) is 12.1 Å². The zero-order chi connectivity index (χ0) is 41.0. The number of imidazole rings is 2. The Kier molecular flexibility index (Phi) is 12.2. The van der Waals surface area contributed by atoms with E-state index in [4.69, 9.17) is 20.4 Å². The molecule has 2 aromatic carbocycles. The lowest BCUT2D eigenvalue weighted by Crippen LogP contribution is -2.40. The van der Waals surface area contributed by atoms with Crippen LogP contribution in [0.5, 0.6) is 5.75 Å². The normalized spacial score (nSPS) is 13.2. The number of para-hydroxylation sites is 2. The van der Waals surface area contributed by atoms with Crippen molar-refractivity contribution >= 4 is 46.3 Å². The van der Waals surface area contributed by atoms with Gasteiger partial charge in [-0.15, -0.1) is 0 Å². The number of aliphatic hydroxyl groups excluding tert-OH is 2. The standard InChI is InChI=1S/C36H43N11O6.CH2O2/c1-8-46-26(14-20(3)40-46)33(51)38-35-42(5)23-12-10-11-13-24(23)44(35)18-28(48)29(49)19-45-31-25(16-22(32(37)50)17-30(31)53-7)43(6)36(45)39-34(52)27-15-21(4)41-47(27)9-2;2-1-3/h10-17,28-29,48-49H,8-9,18-19H2,1-7H3,(H2,37,50);1H,(H,2,3)/b38-35+,39-36+;. The molecular formula is C37H45N11O8. The number of ether oxygens (including phenoxy) is 1. The number of rotatable bonds is 11. The fraction of sp³-hybridized carbons (Fsp3) is 0.351. The number of primary amides is 1. The summed E-state index contributed by atoms with van der Waals surface area (Å²) in [7, 11) is 4.85. The van der Waals surface area contributed by atoms with E-state index in [1.165, 1.54) is 13.2 Å². The van der Waals surface area contributed by atoms with Gasteiger partial charge in [0.2, 0.25) is 17.1 Å². The van der Waals surface area contributed by atoms with Gasteiger partial charge >= 0.3 is 0 Å². The van der Waals surface area contributed by atoms with Crippen LogP contribution in [-0.4, -0.2) is 96.7 Å². The van der Waals surface area contributed by atoms with Crippen LogP contribution in [0.3, 0.4) is 0 Å². The van der Waals surface area contributed by atoms with Crippen molar-refractivity contribution in [1.82, 2.24) is 37.8 Å². The molecule has 3 amide bonds. The maximum Gasteiger partial charge on any atom is 0.298 e. The van der Waals surface area contributed by atoms with Gasteiger partial charge in [-0.2, -0.15) is 20.2 Å². The molecule has 19 heteroatoms. The van der Waals surface area contributed by atoms with Crippen LogP contribution in [0, 0.1) is 13.8 Å². The predicted molar refractivity (Wildman–Crippen MR) is 203 cm³/mol. The maximum atomic E-state index is 13.7. The summed E-state index contributed by atoms with van der Waals surface area (Å²) in [4.78, 5) is 56.7. The molecule has 0 saturated carbocycles. The van der Waals surface area contributed by atoms with E-state index in [0.29, 0.717) is 46.7 Å². The van der Waals surface area contributed by atoms with Crippen LogP contribution in [0.2, 0.25) is 0 Å². The molecule has 6 rings (SSSR count). The number of carboxylic acid groups (broad SMARTS) is 1. The van der Waals surface area contributed by atoms with Gasteiger partial charge in [0.25, 0.3) is 18.3 Å². The second-order valence-electron chi connectivity index (χ2n) is 12.9. The number of methoxy groups -OCH3 is 1. The number of aromatic nitrogens is 8. The first-order valence-corrected chi connectivity index (χ1v) is 17.6. The van der Waals surface area contributed by atoms with Gasteiger partial charge in [0.05, 0.1) is 60.3 Å². The summed E-state index contributed by atoms with van der Waals surface area (Å²) in [5, 5.41) is 39.0. The zero-order valence-electron chi connectivity index (χ0n) is 32.1. The van der Waals surface area contributed by atoms with Crippen LogP contribution in [0.25, 0.3) is 22.1 Å². The first-order valence-electron chi connectivity index (χ1n) is 17.6. The molecule has 296 valence electrons. The number of hydrogen-bond acceptors (Lipinski definition) is 9. The maximum absolute atomic E-state index is 13.7. The van der Waals surface area contributed by atoms with Crippen molar-refractivity contribution in [2.75, 3.05) is 7.11 Å². The third kappa shape index (κ3) is 7.80. The van der Waals surface area contributed by atoms with E-state index in [1.807, 2.05) is 38.1 Å². The van der Waals surface area contributed by atoms with Crippen molar-refractivity contribution in [2.24, 2.45) is 29.8 Å². The van der Waals surface area contributed by atoms with E-state index >= 15 is 0 Å². The minimum atomic E-state index is -1.45. The Balaban J connectivity index is 0.00000194. The van der Waals surface area contributed by atoms with Crippen molar-refractivity contribution in [3.8, 4) is 5.75 Å². The molecule has 6 aromatic rings. The topological polar surface area (TPSA) is 244 Å². The monoisotopic (exact) mass is 771 g/mol. The molecule has 5 N–H and O–H groups in total. The highest BCUT2D eigenvalue weighted by atomic mass is 16.5. The number of nitrogens with two attached hydrogens (primary N) is 1. The summed E-state index contributed by atoms with van der Waals surface area (Å²) < 4.78 is 15.4. The summed E-state index contributed by atoms with van der Waals surface area (Å²) in [5.41, 5.74) is 10.3. The van der Waals surface area contributed by atoms with Crippen molar-refractivity contribution in [2.45, 2.75) is 66.1 Å². The van der Waals surface area contributed by atoms with E-state index in [2.05, 4.69) is 20.2 Å².